The lowest BCUT2D eigenvalue weighted by Gasteiger charge is -2.22. The summed E-state index contributed by atoms with van der Waals surface area (Å²) in [5.74, 6) is -0.694. The lowest BCUT2D eigenvalue weighted by atomic mass is 10.0. The van der Waals surface area contributed by atoms with E-state index in [0.717, 1.165) is 0 Å². The molecule has 25 heavy (non-hydrogen) atoms. The third-order valence-electron chi connectivity index (χ3n) is 4.01. The van der Waals surface area contributed by atoms with Gasteiger partial charge in [0.15, 0.2) is 5.43 Å². The number of carbonyl (C=O) groups is 1. The first kappa shape index (κ1) is 19.5. The topological polar surface area (TPSA) is 57.5 Å². The SMILES string of the molecule is CCn1c(COC)c(C)c(=O)c(C(=O)OC)c1-c1ccc(Cl)c(Cl)c1. The van der Waals surface area contributed by atoms with E-state index in [1.54, 1.807) is 32.2 Å². The average molecular weight is 384 g/mol. The minimum Gasteiger partial charge on any atom is -0.465 e. The maximum atomic E-state index is 12.9. The number of esters is 1. The van der Waals surface area contributed by atoms with Crippen LogP contribution in [-0.4, -0.2) is 24.8 Å². The number of methoxy groups -OCH3 is 2. The van der Waals surface area contributed by atoms with Gasteiger partial charge in [-0.05, 0) is 26.0 Å². The number of ether oxygens (including phenoxy) is 2. The predicted octanol–water partition coefficient (Wildman–Crippen LogP) is 4.08. The largest absolute Gasteiger partial charge is 0.465 e. The van der Waals surface area contributed by atoms with Crippen LogP contribution in [0.5, 0.6) is 0 Å². The van der Waals surface area contributed by atoms with Gasteiger partial charge in [-0.25, -0.2) is 4.79 Å². The molecular weight excluding hydrogens is 365 g/mol. The monoisotopic (exact) mass is 383 g/mol. The second kappa shape index (κ2) is 8.04. The van der Waals surface area contributed by atoms with Crippen molar-refractivity contribution >= 4 is 29.2 Å². The lowest BCUT2D eigenvalue weighted by molar-refractivity contribution is 0.0599. The average Bonchev–Trinajstić information content (AvgIpc) is 2.60. The molecule has 0 aliphatic carbocycles. The van der Waals surface area contributed by atoms with Crippen LogP contribution < -0.4 is 5.43 Å². The maximum Gasteiger partial charge on any atom is 0.344 e. The van der Waals surface area contributed by atoms with Crippen LogP contribution in [0.15, 0.2) is 23.0 Å². The molecule has 0 N–H and O–H groups in total. The number of rotatable bonds is 5. The molecule has 0 radical (unpaired) electrons. The van der Waals surface area contributed by atoms with Crippen molar-refractivity contribution in [1.29, 1.82) is 0 Å². The Morgan fingerprint density at radius 1 is 1.20 bits per heavy atom. The molecule has 7 heteroatoms. The molecule has 1 aromatic heterocycles. The van der Waals surface area contributed by atoms with Crippen molar-refractivity contribution in [3.8, 4) is 11.3 Å². The standard InChI is InChI=1S/C18H19Cl2NO4/c1-5-21-14(9-24-3)10(2)17(22)15(18(23)25-4)16(21)11-6-7-12(19)13(20)8-11/h6-8H,5,9H2,1-4H3. The number of hydrogen-bond acceptors (Lipinski definition) is 4. The van der Waals surface area contributed by atoms with Gasteiger partial charge in [-0.3, -0.25) is 4.79 Å². The van der Waals surface area contributed by atoms with Crippen molar-refractivity contribution in [2.75, 3.05) is 14.2 Å². The quantitative estimate of drug-likeness (QED) is 0.729. The van der Waals surface area contributed by atoms with Crippen molar-refractivity contribution in [3.05, 3.63) is 55.3 Å². The summed E-state index contributed by atoms with van der Waals surface area (Å²) in [7, 11) is 2.80. The Bertz CT molecular complexity index is 874. The molecule has 1 aromatic carbocycles. The van der Waals surface area contributed by atoms with E-state index < -0.39 is 5.97 Å². The highest BCUT2D eigenvalue weighted by Crippen LogP contribution is 2.31. The normalized spacial score (nSPS) is 10.8. The third kappa shape index (κ3) is 3.59. The van der Waals surface area contributed by atoms with E-state index in [9.17, 15) is 9.59 Å². The number of pyridine rings is 1. The molecular formula is C18H19Cl2NO4. The minimum absolute atomic E-state index is 0.0277. The van der Waals surface area contributed by atoms with E-state index in [2.05, 4.69) is 0 Å². The molecule has 0 atom stereocenters. The molecule has 5 nitrogen and oxygen atoms in total. The smallest absolute Gasteiger partial charge is 0.344 e. The summed E-state index contributed by atoms with van der Waals surface area (Å²) in [4.78, 5) is 25.2. The van der Waals surface area contributed by atoms with Crippen LogP contribution in [0, 0.1) is 6.92 Å². The molecule has 0 bridgehead atoms. The molecule has 0 saturated carbocycles. The first-order valence-corrected chi connectivity index (χ1v) is 8.41. The molecule has 0 amide bonds. The van der Waals surface area contributed by atoms with Crippen molar-refractivity contribution < 1.29 is 14.3 Å². The summed E-state index contributed by atoms with van der Waals surface area (Å²) in [5, 5.41) is 0.721. The van der Waals surface area contributed by atoms with Gasteiger partial charge < -0.3 is 14.0 Å². The summed E-state index contributed by atoms with van der Waals surface area (Å²) < 4.78 is 12.0. The Labute approximate surface area is 156 Å². The summed E-state index contributed by atoms with van der Waals surface area (Å²) in [6, 6.07) is 4.97. The summed E-state index contributed by atoms with van der Waals surface area (Å²) in [6.07, 6.45) is 0. The highest BCUT2D eigenvalue weighted by atomic mass is 35.5. The second-order valence-electron chi connectivity index (χ2n) is 5.42. The molecule has 2 aromatic rings. The zero-order chi connectivity index (χ0) is 18.7. The van der Waals surface area contributed by atoms with Gasteiger partial charge in [0.2, 0.25) is 0 Å². The van der Waals surface area contributed by atoms with Crippen molar-refractivity contribution in [2.24, 2.45) is 0 Å². The van der Waals surface area contributed by atoms with Crippen molar-refractivity contribution in [1.82, 2.24) is 4.57 Å². The van der Waals surface area contributed by atoms with Gasteiger partial charge in [0.25, 0.3) is 0 Å². The van der Waals surface area contributed by atoms with E-state index in [-0.39, 0.29) is 17.6 Å². The van der Waals surface area contributed by atoms with Gasteiger partial charge in [0.05, 0.1) is 35.1 Å². The van der Waals surface area contributed by atoms with Gasteiger partial charge >= 0.3 is 5.97 Å². The van der Waals surface area contributed by atoms with Gasteiger partial charge in [0.1, 0.15) is 5.56 Å². The number of carbonyl (C=O) groups excluding carboxylic acids is 1. The Balaban J connectivity index is 2.97. The molecule has 0 aliphatic rings. The number of benzene rings is 1. The molecule has 0 unspecified atom stereocenters. The first-order chi connectivity index (χ1) is 11.9. The number of hydrogen-bond donors (Lipinski definition) is 0. The molecule has 0 saturated heterocycles. The Kier molecular flexibility index (Phi) is 6.27. The molecule has 0 spiro atoms. The van der Waals surface area contributed by atoms with Crippen LogP contribution in [-0.2, 0) is 22.6 Å². The number of halogens is 2. The Morgan fingerprint density at radius 2 is 1.88 bits per heavy atom. The van der Waals surface area contributed by atoms with E-state index in [1.807, 2.05) is 11.5 Å². The lowest BCUT2D eigenvalue weighted by Crippen LogP contribution is -2.27. The van der Waals surface area contributed by atoms with Crippen LogP contribution in [0.3, 0.4) is 0 Å². The zero-order valence-electron chi connectivity index (χ0n) is 14.5. The Hall–Kier alpha value is -1.82. The van der Waals surface area contributed by atoms with Crippen LogP contribution in [0.1, 0.15) is 28.5 Å². The van der Waals surface area contributed by atoms with Crippen LogP contribution in [0.2, 0.25) is 10.0 Å². The van der Waals surface area contributed by atoms with Crippen LogP contribution in [0.25, 0.3) is 11.3 Å². The maximum absolute atomic E-state index is 12.9. The third-order valence-corrected chi connectivity index (χ3v) is 4.75. The van der Waals surface area contributed by atoms with Crippen LogP contribution >= 0.6 is 23.2 Å². The fraction of sp³-hybridized carbons (Fsp3) is 0.333. The van der Waals surface area contributed by atoms with Crippen molar-refractivity contribution in [2.45, 2.75) is 27.0 Å². The summed E-state index contributed by atoms with van der Waals surface area (Å²) >= 11 is 12.1. The second-order valence-corrected chi connectivity index (χ2v) is 6.24. The molecule has 2 rings (SSSR count). The first-order valence-electron chi connectivity index (χ1n) is 7.66. The molecule has 134 valence electrons. The van der Waals surface area contributed by atoms with Gasteiger partial charge in [-0.15, -0.1) is 0 Å². The van der Waals surface area contributed by atoms with Crippen molar-refractivity contribution in [3.63, 3.8) is 0 Å². The molecule has 0 fully saturated rings. The zero-order valence-corrected chi connectivity index (χ0v) is 16.0. The number of nitrogens with zero attached hydrogens (tertiary/aromatic N) is 1. The van der Waals surface area contributed by atoms with E-state index in [0.29, 0.717) is 39.1 Å². The van der Waals surface area contributed by atoms with Crippen LogP contribution in [0.4, 0.5) is 0 Å². The highest BCUT2D eigenvalue weighted by molar-refractivity contribution is 6.42. The van der Waals surface area contributed by atoms with E-state index in [4.69, 9.17) is 32.7 Å². The molecule has 0 aliphatic heterocycles. The van der Waals surface area contributed by atoms with E-state index in [1.165, 1.54) is 7.11 Å². The van der Waals surface area contributed by atoms with Gasteiger partial charge in [0, 0.05) is 24.8 Å². The number of aromatic nitrogens is 1. The van der Waals surface area contributed by atoms with E-state index >= 15 is 0 Å². The van der Waals surface area contributed by atoms with Gasteiger partial charge in [-0.1, -0.05) is 29.3 Å². The van der Waals surface area contributed by atoms with Gasteiger partial charge in [-0.2, -0.15) is 0 Å². The molecule has 1 heterocycles. The highest BCUT2D eigenvalue weighted by Gasteiger charge is 2.25. The predicted molar refractivity (Wildman–Crippen MR) is 98.6 cm³/mol. The fourth-order valence-corrected chi connectivity index (χ4v) is 3.10. The Morgan fingerprint density at radius 3 is 2.40 bits per heavy atom. The fourth-order valence-electron chi connectivity index (χ4n) is 2.81. The minimum atomic E-state index is -0.694. The summed E-state index contributed by atoms with van der Waals surface area (Å²) in [5.41, 5.74) is 1.78. The summed E-state index contributed by atoms with van der Waals surface area (Å²) in [6.45, 7) is 4.36.